The summed E-state index contributed by atoms with van der Waals surface area (Å²) in [6, 6.07) is 0. The molecule has 20 heavy (non-hydrogen) atoms. The van der Waals surface area contributed by atoms with Crippen molar-refractivity contribution in [2.24, 2.45) is 0 Å². The number of rotatable bonds is 8. The van der Waals surface area contributed by atoms with Gasteiger partial charge in [0.05, 0.1) is 17.2 Å². The van der Waals surface area contributed by atoms with E-state index < -0.39 is 18.0 Å². The Kier molecular flexibility index (Phi) is 6.40. The van der Waals surface area contributed by atoms with Crippen molar-refractivity contribution in [1.82, 2.24) is 10.3 Å². The Balaban J connectivity index is 2.49. The third-order valence-corrected chi connectivity index (χ3v) is 2.72. The normalized spacial score (nSPS) is 11.1. The van der Waals surface area contributed by atoms with Gasteiger partial charge in [-0.1, -0.05) is 0 Å². The third-order valence-electron chi connectivity index (χ3n) is 2.72. The molecule has 0 atom stereocenters. The number of nitro groups is 1. The van der Waals surface area contributed by atoms with E-state index in [0.29, 0.717) is 29.9 Å². The summed E-state index contributed by atoms with van der Waals surface area (Å²) in [5, 5.41) is 13.9. The Labute approximate surface area is 115 Å². The van der Waals surface area contributed by atoms with Crippen LogP contribution in [0.2, 0.25) is 0 Å². The molecule has 1 aromatic heterocycles. The van der Waals surface area contributed by atoms with Crippen molar-refractivity contribution in [1.29, 1.82) is 0 Å². The van der Waals surface area contributed by atoms with Crippen LogP contribution in [-0.4, -0.2) is 36.1 Å². The van der Waals surface area contributed by atoms with Crippen LogP contribution >= 0.6 is 0 Å². The predicted octanol–water partition coefficient (Wildman–Crippen LogP) is 1.98. The fourth-order valence-electron chi connectivity index (χ4n) is 1.75. The zero-order valence-corrected chi connectivity index (χ0v) is 11.4. The number of hydrogen-bond donors (Lipinski definition) is 1. The molecule has 0 unspecified atom stereocenters. The van der Waals surface area contributed by atoms with Gasteiger partial charge in [0.15, 0.2) is 0 Å². The van der Waals surface area contributed by atoms with Crippen LogP contribution in [-0.2, 0) is 11.3 Å². The first kappa shape index (κ1) is 16.4. The van der Waals surface area contributed by atoms with Crippen LogP contribution in [0.15, 0.2) is 6.20 Å². The first-order valence-corrected chi connectivity index (χ1v) is 6.09. The number of nitrogens with one attached hydrogen (secondary N) is 1. The number of ether oxygens (including phenoxy) is 1. The highest BCUT2D eigenvalue weighted by Crippen LogP contribution is 2.23. The zero-order valence-electron chi connectivity index (χ0n) is 11.4. The highest BCUT2D eigenvalue weighted by molar-refractivity contribution is 5.47. The summed E-state index contributed by atoms with van der Waals surface area (Å²) in [6.45, 7) is 3.53. The maximum Gasteiger partial charge on any atom is 0.278 e. The summed E-state index contributed by atoms with van der Waals surface area (Å²) < 4.78 is 28.3. The number of aromatic nitrogens is 1. The van der Waals surface area contributed by atoms with Crippen molar-refractivity contribution >= 4 is 5.69 Å². The van der Waals surface area contributed by atoms with E-state index in [2.05, 4.69) is 10.3 Å². The number of halogens is 2. The van der Waals surface area contributed by atoms with Crippen LogP contribution in [0.3, 0.4) is 0 Å². The van der Waals surface area contributed by atoms with Crippen LogP contribution in [0.25, 0.3) is 0 Å². The highest BCUT2D eigenvalue weighted by Gasteiger charge is 2.18. The topological polar surface area (TPSA) is 77.3 Å². The Morgan fingerprint density at radius 3 is 2.80 bits per heavy atom. The van der Waals surface area contributed by atoms with E-state index in [0.717, 1.165) is 0 Å². The van der Waals surface area contributed by atoms with Gasteiger partial charge in [-0.15, -0.1) is 0 Å². The lowest BCUT2D eigenvalue weighted by atomic mass is 10.1. The van der Waals surface area contributed by atoms with E-state index in [4.69, 9.17) is 4.74 Å². The SMILES string of the molecule is Cc1cnc(CNCCOCC(F)F)c(C)c1[N+](=O)[O-]. The molecule has 0 saturated heterocycles. The summed E-state index contributed by atoms with van der Waals surface area (Å²) in [5.74, 6) is 0. The molecule has 0 radical (unpaired) electrons. The molecule has 0 amide bonds. The summed E-state index contributed by atoms with van der Waals surface area (Å²) in [5.41, 5.74) is 1.65. The van der Waals surface area contributed by atoms with Gasteiger partial charge in [0.2, 0.25) is 0 Å². The average Bonchev–Trinajstić information content (AvgIpc) is 2.35. The number of pyridine rings is 1. The maximum atomic E-state index is 11.8. The fourth-order valence-corrected chi connectivity index (χ4v) is 1.75. The lowest BCUT2D eigenvalue weighted by molar-refractivity contribution is -0.386. The van der Waals surface area contributed by atoms with Gasteiger partial charge >= 0.3 is 0 Å². The molecule has 1 N–H and O–H groups in total. The molecule has 0 spiro atoms. The van der Waals surface area contributed by atoms with Gasteiger partial charge in [-0.25, -0.2) is 8.78 Å². The van der Waals surface area contributed by atoms with Gasteiger partial charge < -0.3 is 10.1 Å². The first-order valence-electron chi connectivity index (χ1n) is 6.09. The molecule has 1 rings (SSSR count). The number of aryl methyl sites for hydroxylation is 1. The first-order chi connectivity index (χ1) is 9.43. The minimum Gasteiger partial charge on any atom is -0.374 e. The van der Waals surface area contributed by atoms with Crippen LogP contribution in [0.4, 0.5) is 14.5 Å². The second-order valence-corrected chi connectivity index (χ2v) is 4.26. The molecule has 0 aliphatic heterocycles. The highest BCUT2D eigenvalue weighted by atomic mass is 19.3. The summed E-state index contributed by atoms with van der Waals surface area (Å²) in [6.07, 6.45) is -1.02. The van der Waals surface area contributed by atoms with Crippen LogP contribution < -0.4 is 5.32 Å². The maximum absolute atomic E-state index is 11.8. The Morgan fingerprint density at radius 2 is 2.20 bits per heavy atom. The Morgan fingerprint density at radius 1 is 1.50 bits per heavy atom. The summed E-state index contributed by atoms with van der Waals surface area (Å²) >= 11 is 0. The van der Waals surface area contributed by atoms with E-state index in [1.54, 1.807) is 13.8 Å². The van der Waals surface area contributed by atoms with E-state index >= 15 is 0 Å². The van der Waals surface area contributed by atoms with Crippen LogP contribution in [0, 0.1) is 24.0 Å². The van der Waals surface area contributed by atoms with Gasteiger partial charge in [-0.2, -0.15) is 0 Å². The van der Waals surface area contributed by atoms with Gasteiger partial charge in [0.25, 0.3) is 12.1 Å². The molecule has 112 valence electrons. The molecule has 1 aromatic rings. The molecule has 0 aliphatic rings. The second-order valence-electron chi connectivity index (χ2n) is 4.26. The van der Waals surface area contributed by atoms with Crippen molar-refractivity contribution in [2.75, 3.05) is 19.8 Å². The largest absolute Gasteiger partial charge is 0.374 e. The molecular formula is C12H17F2N3O3. The summed E-state index contributed by atoms with van der Waals surface area (Å²) in [7, 11) is 0. The Hall–Kier alpha value is -1.67. The van der Waals surface area contributed by atoms with Gasteiger partial charge in [-0.05, 0) is 13.8 Å². The molecule has 0 fully saturated rings. The van der Waals surface area contributed by atoms with Crippen molar-refractivity contribution in [3.8, 4) is 0 Å². The molecule has 8 heteroatoms. The van der Waals surface area contributed by atoms with Crippen molar-refractivity contribution in [2.45, 2.75) is 26.8 Å². The summed E-state index contributed by atoms with van der Waals surface area (Å²) in [4.78, 5) is 14.7. The fraction of sp³-hybridized carbons (Fsp3) is 0.583. The van der Waals surface area contributed by atoms with Gasteiger partial charge in [0, 0.05) is 30.4 Å². The predicted molar refractivity (Wildman–Crippen MR) is 68.9 cm³/mol. The number of alkyl halides is 2. The number of nitrogens with zero attached hydrogens (tertiary/aromatic N) is 2. The molecule has 1 heterocycles. The van der Waals surface area contributed by atoms with E-state index in [9.17, 15) is 18.9 Å². The van der Waals surface area contributed by atoms with E-state index in [1.165, 1.54) is 6.20 Å². The third kappa shape index (κ3) is 4.78. The van der Waals surface area contributed by atoms with Crippen molar-refractivity contribution in [3.05, 3.63) is 33.1 Å². The van der Waals surface area contributed by atoms with Crippen LogP contribution in [0.5, 0.6) is 0 Å². The lowest BCUT2D eigenvalue weighted by Gasteiger charge is -2.09. The minimum absolute atomic E-state index is 0.0609. The Bertz CT molecular complexity index is 470. The molecular weight excluding hydrogens is 272 g/mol. The van der Waals surface area contributed by atoms with Gasteiger partial charge in [-0.3, -0.25) is 15.1 Å². The zero-order chi connectivity index (χ0) is 15.1. The molecule has 0 aliphatic carbocycles. The smallest absolute Gasteiger partial charge is 0.278 e. The van der Waals surface area contributed by atoms with E-state index in [1.807, 2.05) is 0 Å². The molecule has 6 nitrogen and oxygen atoms in total. The molecule has 0 aromatic carbocycles. The van der Waals surface area contributed by atoms with Crippen LogP contribution in [0.1, 0.15) is 16.8 Å². The lowest BCUT2D eigenvalue weighted by Crippen LogP contribution is -2.22. The van der Waals surface area contributed by atoms with Gasteiger partial charge in [0.1, 0.15) is 6.61 Å². The quantitative estimate of drug-likeness (QED) is 0.450. The molecule has 0 saturated carbocycles. The molecule has 0 bridgehead atoms. The standard InChI is InChI=1S/C12H17F2N3O3/c1-8-5-16-10(9(2)12(8)17(18)19)6-15-3-4-20-7-11(13)14/h5,11,15H,3-4,6-7H2,1-2H3. The van der Waals surface area contributed by atoms with Crippen molar-refractivity contribution in [3.63, 3.8) is 0 Å². The second kappa shape index (κ2) is 7.81. The minimum atomic E-state index is -2.47. The average molecular weight is 289 g/mol. The van der Waals surface area contributed by atoms with Crippen molar-refractivity contribution < 1.29 is 18.4 Å². The number of hydrogen-bond acceptors (Lipinski definition) is 5. The monoisotopic (exact) mass is 289 g/mol. The van der Waals surface area contributed by atoms with E-state index in [-0.39, 0.29) is 12.3 Å².